The first kappa shape index (κ1) is 67.1. The molecule has 9 aromatic heterocycles. The van der Waals surface area contributed by atoms with Crippen molar-refractivity contribution in [1.29, 1.82) is 0 Å². The summed E-state index contributed by atoms with van der Waals surface area (Å²) in [6.07, 6.45) is 19.1. The quantitative estimate of drug-likeness (QED) is 0.0865. The number of rotatable bonds is 18. The lowest BCUT2D eigenvalue weighted by molar-refractivity contribution is 0.0558. The Kier molecular flexibility index (Phi) is 21.7. The van der Waals surface area contributed by atoms with E-state index >= 15 is 0 Å². The topological polar surface area (TPSA) is 158 Å². The maximum Gasteiger partial charge on any atom is 0.138 e. The number of likely N-dealkylation sites (tertiary alicyclic amines) is 3. The summed E-state index contributed by atoms with van der Waals surface area (Å²) in [6, 6.07) is 32.6. The highest BCUT2D eigenvalue weighted by molar-refractivity contribution is 5.56. The van der Waals surface area contributed by atoms with Gasteiger partial charge in [0.1, 0.15) is 34.4 Å². The molecule has 0 aliphatic carbocycles. The summed E-state index contributed by atoms with van der Waals surface area (Å²) in [4.78, 5) is 51.4. The predicted octanol–water partition coefficient (Wildman–Crippen LogP) is 9.68. The van der Waals surface area contributed by atoms with Gasteiger partial charge in [-0.2, -0.15) is 0 Å². The van der Waals surface area contributed by atoms with Crippen LogP contribution in [0.3, 0.4) is 0 Å². The number of piperazine rings is 3. The van der Waals surface area contributed by atoms with Gasteiger partial charge in [0, 0.05) is 129 Å². The molecule has 0 radical (unpaired) electrons. The molecule has 0 bridgehead atoms. The van der Waals surface area contributed by atoms with Crippen LogP contribution in [0.25, 0.3) is 16.9 Å². The second-order valence-corrected chi connectivity index (χ2v) is 27.4. The number of pyridine rings is 6. The van der Waals surface area contributed by atoms with Crippen molar-refractivity contribution in [2.75, 3.05) is 168 Å². The van der Waals surface area contributed by atoms with Crippen molar-refractivity contribution in [2.45, 2.75) is 102 Å². The number of fused-ring (bicyclic) bond motifs is 3. The van der Waals surface area contributed by atoms with Gasteiger partial charge in [0.15, 0.2) is 0 Å². The van der Waals surface area contributed by atoms with Gasteiger partial charge in [-0.3, -0.25) is 42.9 Å². The standard InChI is InChI=1S/C26H36N6O.C25H34N6O.C24H32N6O/c1-4-33-19-23(31-13-7-9-22(31)26-20(2)8-6-12-27-26)21-18-32-24(28-21)10-5-11-25(32)30-16-14-29(3)15-17-30;1-19-7-5-11-26-25(19)21-8-6-12-30(21)22(18-32-3)20-17-31-23(27-20)9-4-10-24(31)29-15-13-28(2)14-16-29;1-18-6-4-10-25-24(18)20-7-5-11-29(20)21(17-31)19-16-30-22(26-19)8-3-9-23(30)28-14-12-27(2)13-15-28/h5-6,8,10-12,18,22-23H,4,7,9,13-17,19H2,1-3H3;4-5,7,9-11,17,21-22H,6,8,12-16,18H2,1-3H3;3-4,6,8-10,16,20-21,31H,5,7,11-15,17H2,1-2H3. The molecule has 6 atom stereocenters. The monoisotopic (exact) mass is 1300 g/mol. The number of methoxy groups -OCH3 is 1. The average Bonchev–Trinajstić information content (AvgIpc) is 1.64. The van der Waals surface area contributed by atoms with Crippen molar-refractivity contribution in [1.82, 2.24) is 72.5 Å². The highest BCUT2D eigenvalue weighted by atomic mass is 16.5. The van der Waals surface area contributed by atoms with Crippen molar-refractivity contribution >= 4 is 34.4 Å². The zero-order valence-corrected chi connectivity index (χ0v) is 58.1. The first-order chi connectivity index (χ1) is 47.0. The highest BCUT2D eigenvalue weighted by Crippen LogP contribution is 2.43. The second kappa shape index (κ2) is 31.0. The van der Waals surface area contributed by atoms with Gasteiger partial charge in [-0.1, -0.05) is 36.4 Å². The second-order valence-electron chi connectivity index (χ2n) is 27.4. The van der Waals surface area contributed by atoms with E-state index in [-0.39, 0.29) is 30.8 Å². The molecular weight excluding hydrogens is 1200 g/mol. The van der Waals surface area contributed by atoms with Crippen LogP contribution in [0, 0.1) is 20.8 Å². The summed E-state index contributed by atoms with van der Waals surface area (Å²) in [5.41, 5.74) is 13.3. The summed E-state index contributed by atoms with van der Waals surface area (Å²) >= 11 is 0. The minimum atomic E-state index is -0.130. The zero-order chi connectivity index (χ0) is 66.2. The molecule has 510 valence electrons. The fraction of sp³-hybridized carbons (Fsp3) is 0.520. The molecule has 0 amide bonds. The van der Waals surface area contributed by atoms with Crippen LogP contribution in [0.4, 0.5) is 17.5 Å². The molecule has 6 aliphatic heterocycles. The molecule has 0 saturated carbocycles. The summed E-state index contributed by atoms with van der Waals surface area (Å²) in [5, 5.41) is 10.4. The van der Waals surface area contributed by atoms with Gasteiger partial charge in [-0.15, -0.1) is 0 Å². The first-order valence-electron chi connectivity index (χ1n) is 35.4. The largest absolute Gasteiger partial charge is 0.394 e. The van der Waals surface area contributed by atoms with E-state index in [4.69, 9.17) is 34.4 Å². The number of hydrogen-bond acceptors (Lipinski definition) is 18. The Hall–Kier alpha value is -7.44. The van der Waals surface area contributed by atoms with E-state index in [9.17, 15) is 5.11 Å². The highest BCUT2D eigenvalue weighted by Gasteiger charge is 2.39. The van der Waals surface area contributed by atoms with E-state index in [1.807, 2.05) is 36.8 Å². The van der Waals surface area contributed by atoms with Crippen LogP contribution in [0.15, 0.2) is 128 Å². The number of aliphatic hydroxyl groups is 1. The molecule has 21 heteroatoms. The Morgan fingerprint density at radius 2 is 0.760 bits per heavy atom. The van der Waals surface area contributed by atoms with E-state index in [0.29, 0.717) is 31.9 Å². The van der Waals surface area contributed by atoms with Gasteiger partial charge in [0.2, 0.25) is 0 Å². The van der Waals surface area contributed by atoms with E-state index < -0.39 is 0 Å². The van der Waals surface area contributed by atoms with Crippen molar-refractivity contribution in [3.63, 3.8) is 0 Å². The molecule has 15 heterocycles. The number of aliphatic hydroxyl groups excluding tert-OH is 1. The fourth-order valence-corrected chi connectivity index (χ4v) is 15.8. The number of imidazole rings is 3. The van der Waals surface area contributed by atoms with Gasteiger partial charge < -0.3 is 44.0 Å². The number of hydrogen-bond donors (Lipinski definition) is 1. The first-order valence-corrected chi connectivity index (χ1v) is 35.4. The van der Waals surface area contributed by atoms with E-state index in [0.717, 1.165) is 164 Å². The molecular formula is C75H102N18O3. The third-order valence-electron chi connectivity index (χ3n) is 21.1. The minimum absolute atomic E-state index is 0.0517. The molecule has 0 spiro atoms. The van der Waals surface area contributed by atoms with Gasteiger partial charge in [0.05, 0.1) is 90.2 Å². The Bertz CT molecular complexity index is 3980. The Balaban J connectivity index is 0.000000130. The maximum atomic E-state index is 10.4. The van der Waals surface area contributed by atoms with E-state index in [1.54, 1.807) is 7.11 Å². The average molecular weight is 1300 g/mol. The third kappa shape index (κ3) is 14.6. The maximum absolute atomic E-state index is 10.4. The molecule has 0 aromatic carbocycles. The third-order valence-corrected chi connectivity index (χ3v) is 21.1. The molecule has 9 aromatic rings. The molecule has 15 rings (SSSR count). The molecule has 1 N–H and O–H groups in total. The molecule has 6 unspecified atom stereocenters. The number of aryl methyl sites for hydroxylation is 3. The minimum Gasteiger partial charge on any atom is -0.394 e. The van der Waals surface area contributed by atoms with E-state index in [1.165, 1.54) is 58.4 Å². The number of ether oxygens (including phenoxy) is 2. The van der Waals surface area contributed by atoms with Gasteiger partial charge in [0.25, 0.3) is 0 Å². The van der Waals surface area contributed by atoms with Crippen LogP contribution in [-0.4, -0.2) is 230 Å². The summed E-state index contributed by atoms with van der Waals surface area (Å²) in [6.45, 7) is 26.2. The van der Waals surface area contributed by atoms with Crippen LogP contribution >= 0.6 is 0 Å². The number of likely N-dealkylation sites (N-methyl/N-ethyl adjacent to an activating group) is 3. The normalized spacial score (nSPS) is 21.5. The fourth-order valence-electron chi connectivity index (χ4n) is 15.8. The summed E-state index contributed by atoms with van der Waals surface area (Å²) < 4.78 is 18.5. The van der Waals surface area contributed by atoms with Crippen LogP contribution in [0.1, 0.15) is 133 Å². The van der Waals surface area contributed by atoms with Crippen LogP contribution in [-0.2, 0) is 9.47 Å². The summed E-state index contributed by atoms with van der Waals surface area (Å²) in [7, 11) is 8.35. The van der Waals surface area contributed by atoms with Gasteiger partial charge in [-0.05, 0) is 178 Å². The van der Waals surface area contributed by atoms with Crippen molar-refractivity contribution in [2.24, 2.45) is 0 Å². The van der Waals surface area contributed by atoms with E-state index in [2.05, 4.69) is 203 Å². The molecule has 6 saturated heterocycles. The zero-order valence-electron chi connectivity index (χ0n) is 58.1. The van der Waals surface area contributed by atoms with Crippen LogP contribution in [0.2, 0.25) is 0 Å². The predicted molar refractivity (Wildman–Crippen MR) is 381 cm³/mol. The Morgan fingerprint density at radius 3 is 1.08 bits per heavy atom. The SMILES string of the molecule is CCOCC(c1cn2c(N3CCN(C)CC3)cccc2n1)N1CCCC1c1ncccc1C.COCC(c1cn2c(N3CCN(C)CC3)cccc2n1)N1CCCC1c1ncccc1C.Cc1cccnc1C1CCCN1C(CO)c1cn2c(N3CCN(C)CC3)cccc2n1. The molecule has 6 fully saturated rings. The smallest absolute Gasteiger partial charge is 0.138 e. The molecule has 96 heavy (non-hydrogen) atoms. The van der Waals surface area contributed by atoms with Crippen molar-refractivity contribution < 1.29 is 14.6 Å². The van der Waals surface area contributed by atoms with Gasteiger partial charge in [-0.25, -0.2) is 15.0 Å². The number of nitrogens with zero attached hydrogens (tertiary/aromatic N) is 18. The lowest BCUT2D eigenvalue weighted by Gasteiger charge is -2.34. The van der Waals surface area contributed by atoms with Crippen LogP contribution in [0.5, 0.6) is 0 Å². The summed E-state index contributed by atoms with van der Waals surface area (Å²) in [5.74, 6) is 3.64. The van der Waals surface area contributed by atoms with Crippen molar-refractivity contribution in [3.05, 3.63) is 179 Å². The Morgan fingerprint density at radius 1 is 0.427 bits per heavy atom. The number of anilines is 3. The lowest BCUT2D eigenvalue weighted by Crippen LogP contribution is -2.45. The lowest BCUT2D eigenvalue weighted by atomic mass is 10.0. The number of aromatic nitrogens is 9. The molecule has 6 aliphatic rings. The molecule has 21 nitrogen and oxygen atoms in total. The van der Waals surface area contributed by atoms with Crippen molar-refractivity contribution in [3.8, 4) is 0 Å². The Labute approximate surface area is 567 Å². The van der Waals surface area contributed by atoms with Gasteiger partial charge >= 0.3 is 0 Å². The van der Waals surface area contributed by atoms with Crippen LogP contribution < -0.4 is 14.7 Å².